The molecule has 0 saturated heterocycles. The van der Waals surface area contributed by atoms with E-state index < -0.39 is 5.56 Å². The van der Waals surface area contributed by atoms with Gasteiger partial charge < -0.3 is 16.8 Å². The molecule has 2 rings (SSSR count). The van der Waals surface area contributed by atoms with Crippen molar-refractivity contribution in [3.8, 4) is 0 Å². The summed E-state index contributed by atoms with van der Waals surface area (Å²) in [7, 11) is 0. The van der Waals surface area contributed by atoms with Gasteiger partial charge in [0, 0.05) is 5.69 Å². The van der Waals surface area contributed by atoms with Gasteiger partial charge in [0.15, 0.2) is 5.82 Å². The number of H-pyrrole nitrogens is 1. The molecule has 0 saturated carbocycles. The van der Waals surface area contributed by atoms with E-state index in [1.165, 1.54) is 0 Å². The average Bonchev–Trinajstić information content (AvgIpc) is 2.28. The molecule has 88 valence electrons. The first-order valence-corrected chi connectivity index (χ1v) is 5.06. The number of nitrogens with one attached hydrogen (secondary N) is 2. The Labute approximate surface area is 97.7 Å². The van der Waals surface area contributed by atoms with Gasteiger partial charge in [0.1, 0.15) is 5.69 Å². The number of rotatable bonds is 2. The summed E-state index contributed by atoms with van der Waals surface area (Å²) in [5.41, 5.74) is 12.5. The Morgan fingerprint density at radius 3 is 2.71 bits per heavy atom. The number of aromatic nitrogens is 2. The normalized spacial score (nSPS) is 10.2. The first-order chi connectivity index (χ1) is 8.08. The molecule has 2 aromatic rings. The molecule has 17 heavy (non-hydrogen) atoms. The summed E-state index contributed by atoms with van der Waals surface area (Å²) in [6, 6.07) is 7.61. The standard InChI is InChI=1S/C11H13N5O/c1-6-4-2-3-5-7(6)14-9-8(12)10(17)16-11(13)15-9/h2-5H,12H2,1H3,(H4,13,14,15,16,17). The Morgan fingerprint density at radius 2 is 2.00 bits per heavy atom. The molecule has 0 bridgehead atoms. The van der Waals surface area contributed by atoms with E-state index in [4.69, 9.17) is 11.5 Å². The number of nitrogens with zero attached hydrogens (tertiary/aromatic N) is 1. The Balaban J connectivity index is 2.44. The highest BCUT2D eigenvalue weighted by atomic mass is 16.1. The van der Waals surface area contributed by atoms with Crippen LogP contribution in [0.25, 0.3) is 0 Å². The van der Waals surface area contributed by atoms with Gasteiger partial charge >= 0.3 is 0 Å². The number of hydrogen-bond acceptors (Lipinski definition) is 5. The predicted octanol–water partition coefficient (Wildman–Crippen LogP) is 0.986. The van der Waals surface area contributed by atoms with Crippen molar-refractivity contribution in [2.45, 2.75) is 6.92 Å². The fraction of sp³-hybridized carbons (Fsp3) is 0.0909. The van der Waals surface area contributed by atoms with Crippen LogP contribution in [0.1, 0.15) is 5.56 Å². The van der Waals surface area contributed by atoms with Crippen molar-refractivity contribution in [3.05, 3.63) is 40.2 Å². The third-order valence-corrected chi connectivity index (χ3v) is 2.37. The van der Waals surface area contributed by atoms with Gasteiger partial charge in [0.25, 0.3) is 5.56 Å². The van der Waals surface area contributed by atoms with Crippen molar-refractivity contribution < 1.29 is 0 Å². The summed E-state index contributed by atoms with van der Waals surface area (Å²) >= 11 is 0. The van der Waals surface area contributed by atoms with Crippen LogP contribution in [0.4, 0.5) is 23.1 Å². The zero-order valence-corrected chi connectivity index (χ0v) is 9.32. The molecule has 1 aromatic carbocycles. The minimum Gasteiger partial charge on any atom is -0.391 e. The molecule has 0 fully saturated rings. The quantitative estimate of drug-likeness (QED) is 0.616. The number of para-hydroxylation sites is 1. The molecule has 0 unspecified atom stereocenters. The van der Waals surface area contributed by atoms with Crippen LogP contribution in [-0.2, 0) is 0 Å². The number of aromatic amines is 1. The lowest BCUT2D eigenvalue weighted by Crippen LogP contribution is -2.17. The molecule has 0 aliphatic carbocycles. The molecular weight excluding hydrogens is 218 g/mol. The SMILES string of the molecule is Cc1ccccc1Nc1nc(N)[nH]c(=O)c1N. The van der Waals surface area contributed by atoms with E-state index >= 15 is 0 Å². The van der Waals surface area contributed by atoms with Crippen LogP contribution in [-0.4, -0.2) is 9.97 Å². The lowest BCUT2D eigenvalue weighted by Gasteiger charge is -2.10. The Morgan fingerprint density at radius 1 is 1.29 bits per heavy atom. The van der Waals surface area contributed by atoms with Crippen LogP contribution < -0.4 is 22.3 Å². The fourth-order valence-corrected chi connectivity index (χ4v) is 1.44. The molecule has 0 spiro atoms. The average molecular weight is 231 g/mol. The largest absolute Gasteiger partial charge is 0.391 e. The topological polar surface area (TPSA) is 110 Å². The van der Waals surface area contributed by atoms with Crippen LogP contribution >= 0.6 is 0 Å². The third-order valence-electron chi connectivity index (χ3n) is 2.37. The molecule has 6 nitrogen and oxygen atoms in total. The highest BCUT2D eigenvalue weighted by Gasteiger charge is 2.07. The van der Waals surface area contributed by atoms with E-state index in [1.54, 1.807) is 0 Å². The fourth-order valence-electron chi connectivity index (χ4n) is 1.44. The van der Waals surface area contributed by atoms with E-state index in [2.05, 4.69) is 15.3 Å². The minimum atomic E-state index is -0.450. The molecule has 6 N–H and O–H groups in total. The van der Waals surface area contributed by atoms with Gasteiger partial charge in [-0.25, -0.2) is 0 Å². The molecule has 0 radical (unpaired) electrons. The maximum Gasteiger partial charge on any atom is 0.277 e. The van der Waals surface area contributed by atoms with Gasteiger partial charge in [-0.2, -0.15) is 4.98 Å². The van der Waals surface area contributed by atoms with Crippen molar-refractivity contribution in [1.29, 1.82) is 0 Å². The van der Waals surface area contributed by atoms with Crippen LogP contribution in [0.5, 0.6) is 0 Å². The van der Waals surface area contributed by atoms with Crippen molar-refractivity contribution >= 4 is 23.1 Å². The number of nitrogens with two attached hydrogens (primary N) is 2. The Kier molecular flexibility index (Phi) is 2.70. The summed E-state index contributed by atoms with van der Waals surface area (Å²) in [5.74, 6) is 0.292. The van der Waals surface area contributed by atoms with E-state index in [0.29, 0.717) is 0 Å². The lowest BCUT2D eigenvalue weighted by atomic mass is 10.2. The Hall–Kier alpha value is -2.50. The third kappa shape index (κ3) is 2.20. The van der Waals surface area contributed by atoms with Crippen LogP contribution in [0.2, 0.25) is 0 Å². The lowest BCUT2D eigenvalue weighted by molar-refractivity contribution is 1.14. The maximum absolute atomic E-state index is 11.4. The van der Waals surface area contributed by atoms with E-state index in [1.807, 2.05) is 31.2 Å². The van der Waals surface area contributed by atoms with E-state index in [-0.39, 0.29) is 17.5 Å². The molecular formula is C11H13N5O. The smallest absolute Gasteiger partial charge is 0.277 e. The van der Waals surface area contributed by atoms with Crippen LogP contribution in [0.15, 0.2) is 29.1 Å². The van der Waals surface area contributed by atoms with Crippen molar-refractivity contribution in [3.63, 3.8) is 0 Å². The number of anilines is 4. The van der Waals surface area contributed by atoms with Crippen LogP contribution in [0, 0.1) is 6.92 Å². The molecule has 1 heterocycles. The summed E-state index contributed by atoms with van der Waals surface area (Å²) < 4.78 is 0. The second-order valence-corrected chi connectivity index (χ2v) is 3.65. The second kappa shape index (κ2) is 4.17. The molecule has 0 atom stereocenters. The highest BCUT2D eigenvalue weighted by Crippen LogP contribution is 2.21. The zero-order valence-electron chi connectivity index (χ0n) is 9.32. The highest BCUT2D eigenvalue weighted by molar-refractivity contribution is 5.70. The summed E-state index contributed by atoms with van der Waals surface area (Å²) in [4.78, 5) is 17.7. The number of aryl methyl sites for hydroxylation is 1. The van der Waals surface area contributed by atoms with Crippen LogP contribution in [0.3, 0.4) is 0 Å². The van der Waals surface area contributed by atoms with E-state index in [9.17, 15) is 4.79 Å². The predicted molar refractivity (Wildman–Crippen MR) is 68.1 cm³/mol. The summed E-state index contributed by atoms with van der Waals surface area (Å²) in [5, 5.41) is 2.99. The van der Waals surface area contributed by atoms with Gasteiger partial charge in [0.2, 0.25) is 5.95 Å². The zero-order chi connectivity index (χ0) is 12.4. The summed E-state index contributed by atoms with van der Waals surface area (Å²) in [6.45, 7) is 1.94. The van der Waals surface area contributed by atoms with Crippen molar-refractivity contribution in [2.24, 2.45) is 0 Å². The van der Waals surface area contributed by atoms with Gasteiger partial charge in [0.05, 0.1) is 0 Å². The number of nitrogen functional groups attached to an aromatic ring is 2. The number of benzene rings is 1. The van der Waals surface area contributed by atoms with Crippen molar-refractivity contribution in [2.75, 3.05) is 16.8 Å². The van der Waals surface area contributed by atoms with Gasteiger partial charge in [-0.15, -0.1) is 0 Å². The van der Waals surface area contributed by atoms with Gasteiger partial charge in [-0.05, 0) is 18.6 Å². The van der Waals surface area contributed by atoms with Crippen molar-refractivity contribution in [1.82, 2.24) is 9.97 Å². The summed E-state index contributed by atoms with van der Waals surface area (Å²) in [6.07, 6.45) is 0. The second-order valence-electron chi connectivity index (χ2n) is 3.65. The molecule has 0 aliphatic heterocycles. The van der Waals surface area contributed by atoms with Gasteiger partial charge in [-0.3, -0.25) is 9.78 Å². The first kappa shape index (κ1) is 11.0. The minimum absolute atomic E-state index is 0.0162. The van der Waals surface area contributed by atoms with E-state index in [0.717, 1.165) is 11.3 Å². The number of hydrogen-bond donors (Lipinski definition) is 4. The maximum atomic E-state index is 11.4. The Bertz CT molecular complexity index is 605. The molecule has 0 aliphatic rings. The molecule has 6 heteroatoms. The van der Waals surface area contributed by atoms with Gasteiger partial charge in [-0.1, -0.05) is 18.2 Å². The molecule has 0 amide bonds. The molecule has 1 aromatic heterocycles. The monoisotopic (exact) mass is 231 g/mol. The first-order valence-electron chi connectivity index (χ1n) is 5.06.